The molecule has 0 bridgehead atoms. The highest BCUT2D eigenvalue weighted by atomic mass is 32.1. The number of nitrogens with zero attached hydrogens (tertiary/aromatic N) is 1. The van der Waals surface area contributed by atoms with Crippen molar-refractivity contribution in [1.82, 2.24) is 10.3 Å². The molecule has 0 aliphatic heterocycles. The molecule has 0 atom stereocenters. The first-order valence-electron chi connectivity index (χ1n) is 7.68. The van der Waals surface area contributed by atoms with E-state index in [2.05, 4.69) is 34.7 Å². The van der Waals surface area contributed by atoms with Crippen molar-refractivity contribution in [2.45, 2.75) is 32.7 Å². The fourth-order valence-corrected chi connectivity index (χ4v) is 2.75. The number of nitrogens with one attached hydrogen (secondary N) is 1. The van der Waals surface area contributed by atoms with Crippen LogP contribution >= 0.6 is 11.3 Å². The van der Waals surface area contributed by atoms with E-state index in [0.29, 0.717) is 0 Å². The van der Waals surface area contributed by atoms with Gasteiger partial charge in [0.15, 0.2) is 0 Å². The molecule has 21 heavy (non-hydrogen) atoms. The molecule has 0 saturated heterocycles. The van der Waals surface area contributed by atoms with Crippen LogP contribution < -0.4 is 5.32 Å². The van der Waals surface area contributed by atoms with E-state index < -0.39 is 0 Å². The molecule has 0 radical (unpaired) electrons. The number of ether oxygens (including phenoxy) is 1. The van der Waals surface area contributed by atoms with Crippen LogP contribution in [-0.2, 0) is 11.3 Å². The van der Waals surface area contributed by atoms with Crippen LogP contribution in [0, 0.1) is 0 Å². The van der Waals surface area contributed by atoms with Gasteiger partial charge in [0, 0.05) is 30.7 Å². The normalized spacial score (nSPS) is 10.9. The minimum absolute atomic E-state index is 0.840. The zero-order valence-corrected chi connectivity index (χ0v) is 13.5. The molecule has 1 heterocycles. The van der Waals surface area contributed by atoms with E-state index in [9.17, 15) is 0 Å². The lowest BCUT2D eigenvalue weighted by Gasteiger charge is -2.04. The van der Waals surface area contributed by atoms with Crippen molar-refractivity contribution in [3.63, 3.8) is 0 Å². The van der Waals surface area contributed by atoms with Gasteiger partial charge in [-0.15, -0.1) is 11.3 Å². The Labute approximate surface area is 131 Å². The van der Waals surface area contributed by atoms with E-state index in [1.807, 2.05) is 18.2 Å². The van der Waals surface area contributed by atoms with Gasteiger partial charge in [-0.1, -0.05) is 43.7 Å². The smallest absolute Gasteiger partial charge is 0.107 e. The molecule has 4 heteroatoms. The van der Waals surface area contributed by atoms with Crippen LogP contribution in [0.4, 0.5) is 0 Å². The molecule has 0 fully saturated rings. The molecule has 2 rings (SSSR count). The number of rotatable bonds is 10. The van der Waals surface area contributed by atoms with Crippen molar-refractivity contribution in [1.29, 1.82) is 0 Å². The Balaban J connectivity index is 1.63. The van der Waals surface area contributed by atoms with E-state index in [1.165, 1.54) is 12.0 Å². The summed E-state index contributed by atoms with van der Waals surface area (Å²) in [4.78, 5) is 4.66. The summed E-state index contributed by atoms with van der Waals surface area (Å²) in [6.07, 6.45) is 3.42. The van der Waals surface area contributed by atoms with Crippen LogP contribution in [0.15, 0.2) is 35.7 Å². The Kier molecular flexibility index (Phi) is 7.43. The molecular formula is C17H24N2OS. The van der Waals surface area contributed by atoms with Gasteiger partial charge in [-0.2, -0.15) is 0 Å². The lowest BCUT2D eigenvalue weighted by molar-refractivity contribution is 0.129. The monoisotopic (exact) mass is 304 g/mol. The van der Waals surface area contributed by atoms with Crippen LogP contribution in [-0.4, -0.2) is 24.7 Å². The van der Waals surface area contributed by atoms with Gasteiger partial charge in [-0.05, 0) is 19.4 Å². The van der Waals surface area contributed by atoms with Crippen molar-refractivity contribution in [2.75, 3.05) is 19.8 Å². The molecule has 0 aliphatic rings. The number of aromatic nitrogens is 1. The second-order valence-electron chi connectivity index (χ2n) is 4.99. The van der Waals surface area contributed by atoms with Crippen molar-refractivity contribution in [3.8, 4) is 11.3 Å². The average Bonchev–Trinajstić information content (AvgIpc) is 3.00. The maximum Gasteiger partial charge on any atom is 0.107 e. The van der Waals surface area contributed by atoms with E-state index in [4.69, 9.17) is 4.74 Å². The molecule has 1 aromatic carbocycles. The topological polar surface area (TPSA) is 34.1 Å². The van der Waals surface area contributed by atoms with Gasteiger partial charge in [0.25, 0.3) is 0 Å². The number of thiazole rings is 1. The fourth-order valence-electron chi connectivity index (χ4n) is 1.98. The van der Waals surface area contributed by atoms with Gasteiger partial charge in [0.05, 0.1) is 5.69 Å². The molecule has 114 valence electrons. The number of benzene rings is 1. The van der Waals surface area contributed by atoms with Gasteiger partial charge in [0.1, 0.15) is 5.01 Å². The summed E-state index contributed by atoms with van der Waals surface area (Å²) in [6.45, 7) is 5.74. The highest BCUT2D eigenvalue weighted by Crippen LogP contribution is 2.21. The zero-order valence-electron chi connectivity index (χ0n) is 12.7. The standard InChI is InChI=1S/C17H24N2OS/c1-2-3-11-20-12-7-10-18-13-17-19-16(14-21-17)15-8-5-4-6-9-15/h4-6,8-9,14,18H,2-3,7,10-13H2,1H3. The molecule has 0 saturated carbocycles. The van der Waals surface area contributed by atoms with Crippen LogP contribution in [0.25, 0.3) is 11.3 Å². The Morgan fingerprint density at radius 3 is 2.76 bits per heavy atom. The van der Waals surface area contributed by atoms with Gasteiger partial charge in [0.2, 0.25) is 0 Å². The van der Waals surface area contributed by atoms with Crippen molar-refractivity contribution < 1.29 is 4.74 Å². The summed E-state index contributed by atoms with van der Waals surface area (Å²) in [5.74, 6) is 0. The molecular weight excluding hydrogens is 280 g/mol. The van der Waals surface area contributed by atoms with Crippen LogP contribution in [0.1, 0.15) is 31.2 Å². The van der Waals surface area contributed by atoms with E-state index in [1.54, 1.807) is 11.3 Å². The number of hydrogen-bond acceptors (Lipinski definition) is 4. The van der Waals surface area contributed by atoms with E-state index in [-0.39, 0.29) is 0 Å². The SMILES string of the molecule is CCCCOCCCNCc1nc(-c2ccccc2)cs1. The molecule has 0 unspecified atom stereocenters. The minimum Gasteiger partial charge on any atom is -0.381 e. The van der Waals surface area contributed by atoms with Crippen molar-refractivity contribution >= 4 is 11.3 Å². The van der Waals surface area contributed by atoms with Gasteiger partial charge in [-0.3, -0.25) is 0 Å². The Bertz CT molecular complexity index is 499. The van der Waals surface area contributed by atoms with Crippen molar-refractivity contribution in [3.05, 3.63) is 40.7 Å². The molecule has 0 aliphatic carbocycles. The first kappa shape index (κ1) is 16.1. The molecule has 2 aromatic rings. The zero-order chi connectivity index (χ0) is 14.8. The number of hydrogen-bond donors (Lipinski definition) is 1. The third-order valence-corrected chi connectivity index (χ3v) is 4.03. The maximum atomic E-state index is 5.54. The summed E-state index contributed by atoms with van der Waals surface area (Å²) < 4.78 is 5.54. The molecule has 3 nitrogen and oxygen atoms in total. The maximum absolute atomic E-state index is 5.54. The largest absolute Gasteiger partial charge is 0.381 e. The third-order valence-electron chi connectivity index (χ3n) is 3.18. The summed E-state index contributed by atoms with van der Waals surface area (Å²) in [7, 11) is 0. The fraction of sp³-hybridized carbons (Fsp3) is 0.471. The quantitative estimate of drug-likeness (QED) is 0.671. The molecule has 1 aromatic heterocycles. The first-order chi connectivity index (χ1) is 10.4. The van der Waals surface area contributed by atoms with Gasteiger partial charge >= 0.3 is 0 Å². The lowest BCUT2D eigenvalue weighted by Crippen LogP contribution is -2.16. The summed E-state index contributed by atoms with van der Waals surface area (Å²) >= 11 is 1.71. The first-order valence-corrected chi connectivity index (χ1v) is 8.56. The summed E-state index contributed by atoms with van der Waals surface area (Å²) in [5.41, 5.74) is 2.25. The molecule has 0 spiro atoms. The van der Waals surface area contributed by atoms with Crippen molar-refractivity contribution in [2.24, 2.45) is 0 Å². The van der Waals surface area contributed by atoms with Crippen LogP contribution in [0.2, 0.25) is 0 Å². The number of unbranched alkanes of at least 4 members (excludes halogenated alkanes) is 1. The Morgan fingerprint density at radius 1 is 1.14 bits per heavy atom. The van der Waals surface area contributed by atoms with Crippen LogP contribution in [0.3, 0.4) is 0 Å². The second-order valence-corrected chi connectivity index (χ2v) is 5.93. The minimum atomic E-state index is 0.840. The third kappa shape index (κ3) is 5.96. The highest BCUT2D eigenvalue weighted by Gasteiger charge is 2.03. The predicted molar refractivity (Wildman–Crippen MR) is 89.6 cm³/mol. The van der Waals surface area contributed by atoms with Gasteiger partial charge < -0.3 is 10.1 Å². The molecule has 1 N–H and O–H groups in total. The average molecular weight is 304 g/mol. The Hall–Kier alpha value is -1.23. The Morgan fingerprint density at radius 2 is 1.95 bits per heavy atom. The molecule has 0 amide bonds. The van der Waals surface area contributed by atoms with Gasteiger partial charge in [-0.25, -0.2) is 4.98 Å². The van der Waals surface area contributed by atoms with E-state index in [0.717, 1.165) is 49.8 Å². The highest BCUT2D eigenvalue weighted by molar-refractivity contribution is 7.09. The van der Waals surface area contributed by atoms with E-state index >= 15 is 0 Å². The predicted octanol–water partition coefficient (Wildman–Crippen LogP) is 4.11. The summed E-state index contributed by atoms with van der Waals surface area (Å²) in [6, 6.07) is 10.3. The van der Waals surface area contributed by atoms with Crippen LogP contribution in [0.5, 0.6) is 0 Å². The summed E-state index contributed by atoms with van der Waals surface area (Å²) in [5, 5.41) is 6.69. The second kappa shape index (κ2) is 9.66. The lowest BCUT2D eigenvalue weighted by atomic mass is 10.2.